The molecule has 0 aliphatic rings. The monoisotopic (exact) mass is 288 g/mol. The van der Waals surface area contributed by atoms with E-state index in [4.69, 9.17) is 9.59 Å². The van der Waals surface area contributed by atoms with Crippen molar-refractivity contribution >= 4 is 6.15 Å². The number of hydrogen-bond donors (Lipinski definition) is 0. The van der Waals surface area contributed by atoms with Crippen molar-refractivity contribution in [2.24, 2.45) is 0 Å². The fraction of sp³-hybridized carbons (Fsp3) is 0. The van der Waals surface area contributed by atoms with E-state index in [-0.39, 0.29) is 80.5 Å². The normalized spacial score (nSPS) is 0.889. The Hall–Kier alpha value is 0.986. The number of hydrogen-bond acceptors (Lipinski definition) is 2. The minimum absolute atomic E-state index is 0. The summed E-state index contributed by atoms with van der Waals surface area (Å²) in [5.41, 5.74) is 0. The summed E-state index contributed by atoms with van der Waals surface area (Å²) < 4.78 is 0. The molecule has 8 heteroatoms. The molecule has 0 bridgehead atoms. The maximum absolute atomic E-state index is 8.12. The summed E-state index contributed by atoms with van der Waals surface area (Å²) in [6.45, 7) is 0. The van der Waals surface area contributed by atoms with Crippen molar-refractivity contribution in [3.63, 3.8) is 0 Å². The van der Waals surface area contributed by atoms with Gasteiger partial charge in [-0.2, -0.15) is 9.59 Å². The fourth-order valence-corrected chi connectivity index (χ4v) is 0. The van der Waals surface area contributed by atoms with E-state index in [0.29, 0.717) is 0 Å². The molecule has 0 aliphatic heterocycles. The van der Waals surface area contributed by atoms with Gasteiger partial charge in [-0.1, -0.05) is 0 Å². The first-order chi connectivity index (χ1) is 1.41. The summed E-state index contributed by atoms with van der Waals surface area (Å²) >= 11 is 0. The van der Waals surface area contributed by atoms with Gasteiger partial charge in [-0.3, -0.25) is 0 Å². The van der Waals surface area contributed by atoms with E-state index in [1.807, 2.05) is 0 Å². The zero-order valence-electron chi connectivity index (χ0n) is 3.95. The van der Waals surface area contributed by atoms with E-state index in [2.05, 4.69) is 0 Å². The summed E-state index contributed by atoms with van der Waals surface area (Å²) in [4.78, 5) is 16.2. The zero-order chi connectivity index (χ0) is 2.71. The third-order valence-electron chi connectivity index (χ3n) is 0. The van der Waals surface area contributed by atoms with E-state index in [9.17, 15) is 0 Å². The molecule has 0 radical (unpaired) electrons. The van der Waals surface area contributed by atoms with Crippen LogP contribution in [0.1, 0.15) is 0 Å². The molecule has 0 rings (SSSR count). The van der Waals surface area contributed by atoms with Crippen LogP contribution in [0, 0.1) is 0 Å². The molecular formula is CO6Zr2. The first-order valence-corrected chi connectivity index (χ1v) is 0.408. The van der Waals surface area contributed by atoms with Crippen molar-refractivity contribution in [3.8, 4) is 0 Å². The molecular weight excluding hydrogens is 290 g/mol. The van der Waals surface area contributed by atoms with Crippen LogP contribution in [0.2, 0.25) is 0 Å². The number of rotatable bonds is 0. The van der Waals surface area contributed by atoms with Crippen molar-refractivity contribution in [2.75, 3.05) is 0 Å². The van der Waals surface area contributed by atoms with Gasteiger partial charge >= 0.3 is 58.6 Å². The molecule has 9 heavy (non-hydrogen) atoms. The van der Waals surface area contributed by atoms with Gasteiger partial charge in [0.2, 0.25) is 0 Å². The van der Waals surface area contributed by atoms with E-state index < -0.39 is 0 Å². The molecule has 0 fully saturated rings. The third kappa shape index (κ3) is 451. The van der Waals surface area contributed by atoms with Crippen LogP contribution in [-0.2, 0) is 83.9 Å². The van der Waals surface area contributed by atoms with Crippen LogP contribution < -0.4 is 0 Å². The minimum atomic E-state index is 0. The SMILES string of the molecule is O=C=O.[O-2].[O-2].[O-2].[O-2].[Zr+4].[Zr+4]. The molecule has 48 valence electrons. The summed E-state index contributed by atoms with van der Waals surface area (Å²) in [5, 5.41) is 0. The van der Waals surface area contributed by atoms with Crippen molar-refractivity contribution in [2.45, 2.75) is 0 Å². The molecule has 0 aromatic carbocycles. The summed E-state index contributed by atoms with van der Waals surface area (Å²) in [7, 11) is 0. The fourth-order valence-electron chi connectivity index (χ4n) is 0. The largest absolute Gasteiger partial charge is 4.00 e. The molecule has 0 saturated heterocycles. The van der Waals surface area contributed by atoms with E-state index in [0.717, 1.165) is 0 Å². The van der Waals surface area contributed by atoms with Crippen LogP contribution in [0.5, 0.6) is 0 Å². The van der Waals surface area contributed by atoms with Gasteiger partial charge in [0.1, 0.15) is 0 Å². The van der Waals surface area contributed by atoms with Gasteiger partial charge in [0.05, 0.1) is 0 Å². The van der Waals surface area contributed by atoms with E-state index in [1.54, 1.807) is 0 Å². The van der Waals surface area contributed by atoms with Gasteiger partial charge < -0.3 is 21.9 Å². The van der Waals surface area contributed by atoms with Gasteiger partial charge in [0, 0.05) is 0 Å². The van der Waals surface area contributed by atoms with Crippen LogP contribution in [0.25, 0.3) is 0 Å². The molecule has 0 aliphatic carbocycles. The Balaban J connectivity index is -0.00000000133. The zero-order valence-corrected chi connectivity index (χ0v) is 8.87. The molecule has 0 atom stereocenters. The maximum Gasteiger partial charge on any atom is 4.00 e. The van der Waals surface area contributed by atoms with Crippen LogP contribution in [-0.4, -0.2) is 6.15 Å². The van der Waals surface area contributed by atoms with Gasteiger partial charge in [-0.25, -0.2) is 0 Å². The summed E-state index contributed by atoms with van der Waals surface area (Å²) in [6.07, 6.45) is 0.250. The second kappa shape index (κ2) is 145. The third-order valence-corrected chi connectivity index (χ3v) is 0. The van der Waals surface area contributed by atoms with Crippen molar-refractivity contribution in [1.82, 2.24) is 0 Å². The Morgan fingerprint density at radius 1 is 0.667 bits per heavy atom. The van der Waals surface area contributed by atoms with Crippen LogP contribution >= 0.6 is 0 Å². The molecule has 0 N–H and O–H groups in total. The Morgan fingerprint density at radius 3 is 0.667 bits per heavy atom. The van der Waals surface area contributed by atoms with Crippen LogP contribution in [0.4, 0.5) is 0 Å². The second-order valence-electron chi connectivity index (χ2n) is 0.0833. The summed E-state index contributed by atoms with van der Waals surface area (Å²) in [6, 6.07) is 0. The Kier molecular flexibility index (Phi) is 1460. The minimum Gasteiger partial charge on any atom is -2.00 e. The second-order valence-corrected chi connectivity index (χ2v) is 0.0833. The van der Waals surface area contributed by atoms with Gasteiger partial charge in [-0.05, 0) is 0 Å². The smallest absolute Gasteiger partial charge is 2.00 e. The summed E-state index contributed by atoms with van der Waals surface area (Å²) in [5.74, 6) is 0. The predicted molar refractivity (Wildman–Crippen MR) is 7.75 cm³/mol. The van der Waals surface area contributed by atoms with Crippen LogP contribution in [0.15, 0.2) is 0 Å². The number of carbonyl (C=O) groups excluding carboxylic acids is 2. The first-order valence-electron chi connectivity index (χ1n) is 0.408. The quantitative estimate of drug-likeness (QED) is 0.559. The predicted octanol–water partition coefficient (Wildman–Crippen LogP) is -1.06. The van der Waals surface area contributed by atoms with Gasteiger partial charge in [0.25, 0.3) is 0 Å². The van der Waals surface area contributed by atoms with Gasteiger partial charge in [0.15, 0.2) is 0 Å². The molecule has 0 unspecified atom stereocenters. The first kappa shape index (κ1) is 90.4. The Labute approximate surface area is 89.5 Å². The molecule has 0 amide bonds. The Bertz CT molecular complexity index is 32.0. The average Bonchev–Trinajstić information content (AvgIpc) is 0.918. The molecule has 0 spiro atoms. The van der Waals surface area contributed by atoms with Crippen molar-refractivity contribution < 1.29 is 83.9 Å². The van der Waals surface area contributed by atoms with E-state index in [1.165, 1.54) is 0 Å². The maximum atomic E-state index is 8.12. The topological polar surface area (TPSA) is 148 Å². The van der Waals surface area contributed by atoms with Crippen molar-refractivity contribution in [1.29, 1.82) is 0 Å². The molecule has 0 saturated carbocycles. The molecule has 0 aromatic heterocycles. The van der Waals surface area contributed by atoms with Crippen molar-refractivity contribution in [3.05, 3.63) is 0 Å². The molecule has 0 heterocycles. The average molecular weight is 290 g/mol. The van der Waals surface area contributed by atoms with Crippen LogP contribution in [0.3, 0.4) is 0 Å². The van der Waals surface area contributed by atoms with Gasteiger partial charge in [-0.15, -0.1) is 0 Å². The molecule has 6 nitrogen and oxygen atoms in total. The standard InChI is InChI=1S/CO2.4O.2Zr/c2-1-3;;;;;;/q;4*-2;2*+4. The Morgan fingerprint density at radius 2 is 0.667 bits per heavy atom. The molecule has 0 aromatic rings. The van der Waals surface area contributed by atoms with E-state index >= 15 is 0 Å².